The van der Waals surface area contributed by atoms with Gasteiger partial charge in [-0.1, -0.05) is 24.6 Å². The minimum atomic E-state index is -4.86. The molecule has 2 aromatic rings. The van der Waals surface area contributed by atoms with Crippen LogP contribution in [0.15, 0.2) is 46.0 Å². The van der Waals surface area contributed by atoms with Crippen LogP contribution >= 0.6 is 11.3 Å². The van der Waals surface area contributed by atoms with Gasteiger partial charge in [0.25, 0.3) is 10.0 Å². The highest BCUT2D eigenvalue weighted by atomic mass is 32.2. The van der Waals surface area contributed by atoms with Crippen LogP contribution in [0.3, 0.4) is 0 Å². The number of hydrogen-bond acceptors (Lipinski definition) is 7. The fourth-order valence-corrected chi connectivity index (χ4v) is 8.47. The maximum absolute atomic E-state index is 13.3. The number of hydrogen-bond donors (Lipinski definition) is 1. The highest BCUT2D eigenvalue weighted by Gasteiger charge is 2.51. The highest BCUT2D eigenvalue weighted by molar-refractivity contribution is 7.91. The first-order chi connectivity index (χ1) is 17.1. The summed E-state index contributed by atoms with van der Waals surface area (Å²) in [5.74, 6) is 0. The van der Waals surface area contributed by atoms with Gasteiger partial charge in [0.05, 0.1) is 12.3 Å². The normalized spacial score (nSPS) is 22.1. The molecule has 2 fully saturated rings. The Morgan fingerprint density at radius 2 is 1.73 bits per heavy atom. The summed E-state index contributed by atoms with van der Waals surface area (Å²) in [5, 5.41) is 11.7. The number of nitrogens with zero attached hydrogens (tertiary/aromatic N) is 3. The molecular formula is C23H30F3N3O5S3. The summed E-state index contributed by atoms with van der Waals surface area (Å²) < 4.78 is 94.5. The first-order valence-corrected chi connectivity index (χ1v) is 16.0. The SMILES string of the molecule is CC(O)(c1ccc(N2CCN(S(=O)(=O)c3cccs3)CC2CN(C2CCC2)S(C)(=O)=O)cc1)C(F)(F)F. The van der Waals surface area contributed by atoms with Crippen molar-refractivity contribution < 1.29 is 35.1 Å². The molecule has 14 heteroatoms. The first kappa shape index (κ1) is 28.3. The van der Waals surface area contributed by atoms with E-state index in [2.05, 4.69) is 0 Å². The fraction of sp³-hybridized carbons (Fsp3) is 0.565. The van der Waals surface area contributed by atoms with Crippen LogP contribution in [0, 0.1) is 0 Å². The van der Waals surface area contributed by atoms with Gasteiger partial charge in [0.15, 0.2) is 5.60 Å². The molecule has 1 aliphatic carbocycles. The summed E-state index contributed by atoms with van der Waals surface area (Å²) in [6.07, 6.45) is -1.38. The second-order valence-electron chi connectivity index (χ2n) is 9.68. The number of alkyl halides is 3. The molecule has 206 valence electrons. The monoisotopic (exact) mass is 581 g/mol. The molecule has 1 aromatic heterocycles. The second kappa shape index (κ2) is 10.1. The van der Waals surface area contributed by atoms with Gasteiger partial charge in [0.1, 0.15) is 4.21 Å². The van der Waals surface area contributed by atoms with E-state index in [0.29, 0.717) is 12.6 Å². The Kier molecular flexibility index (Phi) is 7.74. The van der Waals surface area contributed by atoms with Crippen molar-refractivity contribution in [1.29, 1.82) is 0 Å². The average molecular weight is 582 g/mol. The summed E-state index contributed by atoms with van der Waals surface area (Å²) >= 11 is 1.10. The molecule has 1 aromatic carbocycles. The Morgan fingerprint density at radius 1 is 1.08 bits per heavy atom. The van der Waals surface area contributed by atoms with Gasteiger partial charge in [-0.2, -0.15) is 21.8 Å². The Balaban J connectivity index is 1.65. The van der Waals surface area contributed by atoms with Gasteiger partial charge in [0, 0.05) is 37.9 Å². The predicted molar refractivity (Wildman–Crippen MR) is 135 cm³/mol. The lowest BCUT2D eigenvalue weighted by Crippen LogP contribution is -2.60. The van der Waals surface area contributed by atoms with E-state index in [1.807, 2.05) is 4.90 Å². The summed E-state index contributed by atoms with van der Waals surface area (Å²) in [7, 11) is -7.37. The van der Waals surface area contributed by atoms with Crippen LogP contribution in [-0.2, 0) is 25.6 Å². The number of aliphatic hydroxyl groups is 1. The van der Waals surface area contributed by atoms with Crippen LogP contribution < -0.4 is 4.90 Å². The van der Waals surface area contributed by atoms with Crippen molar-refractivity contribution in [2.24, 2.45) is 0 Å². The summed E-state index contributed by atoms with van der Waals surface area (Å²) in [4.78, 5) is 1.84. The molecule has 37 heavy (non-hydrogen) atoms. The van der Waals surface area contributed by atoms with Crippen molar-refractivity contribution in [3.63, 3.8) is 0 Å². The van der Waals surface area contributed by atoms with Crippen LogP contribution in [0.25, 0.3) is 0 Å². The first-order valence-electron chi connectivity index (χ1n) is 11.8. The summed E-state index contributed by atoms with van der Waals surface area (Å²) in [6.45, 7) is 1.08. The van der Waals surface area contributed by atoms with Crippen LogP contribution in [0.5, 0.6) is 0 Å². The standard InChI is InChI=1S/C23H30F3N3O5S3/c1-22(30,23(24,25)26)17-8-10-18(11-9-17)28-13-12-27(37(33,34)21-7-4-14-35-21)15-20(28)16-29(36(2,31)32)19-5-3-6-19/h4,7-11,14,19-20,30H,3,5-6,12-13,15-16H2,1-2H3. The number of thiophene rings is 1. The van der Waals surface area contributed by atoms with E-state index < -0.39 is 37.9 Å². The largest absolute Gasteiger partial charge is 0.421 e. The summed E-state index contributed by atoms with van der Waals surface area (Å²) in [6, 6.07) is 7.69. The number of rotatable bonds is 8. The zero-order valence-corrected chi connectivity index (χ0v) is 22.9. The van der Waals surface area contributed by atoms with Crippen LogP contribution in [0.2, 0.25) is 0 Å². The van der Waals surface area contributed by atoms with E-state index in [4.69, 9.17) is 0 Å². The van der Waals surface area contributed by atoms with Gasteiger partial charge in [0.2, 0.25) is 10.0 Å². The number of sulfonamides is 2. The zero-order chi connectivity index (χ0) is 27.2. The third-order valence-corrected chi connectivity index (χ3v) is 11.7. The molecule has 0 spiro atoms. The number of benzene rings is 1. The molecular weight excluding hydrogens is 551 g/mol. The third-order valence-electron chi connectivity index (χ3n) is 7.15. The predicted octanol–water partition coefficient (Wildman–Crippen LogP) is 3.21. The van der Waals surface area contributed by atoms with Crippen molar-refractivity contribution in [3.8, 4) is 0 Å². The van der Waals surface area contributed by atoms with E-state index in [1.165, 1.54) is 38.9 Å². The Morgan fingerprint density at radius 3 is 2.22 bits per heavy atom. The Hall–Kier alpha value is -1.71. The van der Waals surface area contributed by atoms with E-state index in [9.17, 15) is 35.1 Å². The van der Waals surface area contributed by atoms with Crippen molar-refractivity contribution in [1.82, 2.24) is 8.61 Å². The summed E-state index contributed by atoms with van der Waals surface area (Å²) in [5.41, 5.74) is -2.84. The lowest BCUT2D eigenvalue weighted by molar-refractivity contribution is -0.258. The Labute approximate surface area is 219 Å². The number of anilines is 1. The topological polar surface area (TPSA) is 98.2 Å². The molecule has 4 rings (SSSR count). The molecule has 1 saturated heterocycles. The van der Waals surface area contributed by atoms with Crippen LogP contribution in [0.4, 0.5) is 18.9 Å². The molecule has 0 bridgehead atoms. The molecule has 0 radical (unpaired) electrons. The van der Waals surface area contributed by atoms with Gasteiger partial charge >= 0.3 is 6.18 Å². The molecule has 2 atom stereocenters. The maximum atomic E-state index is 13.3. The quantitative estimate of drug-likeness (QED) is 0.514. The number of piperazine rings is 1. The molecule has 2 heterocycles. The lowest BCUT2D eigenvalue weighted by atomic mass is 9.92. The lowest BCUT2D eigenvalue weighted by Gasteiger charge is -2.45. The zero-order valence-electron chi connectivity index (χ0n) is 20.4. The van der Waals surface area contributed by atoms with E-state index in [1.54, 1.807) is 11.4 Å². The molecule has 1 saturated carbocycles. The molecule has 8 nitrogen and oxygen atoms in total. The molecule has 0 amide bonds. The van der Waals surface area contributed by atoms with Crippen molar-refractivity contribution in [2.45, 2.75) is 54.3 Å². The van der Waals surface area contributed by atoms with Gasteiger partial charge in [-0.05, 0) is 48.9 Å². The smallest absolute Gasteiger partial charge is 0.376 e. The minimum absolute atomic E-state index is 0.0149. The molecule has 1 aliphatic heterocycles. The van der Waals surface area contributed by atoms with E-state index in [-0.39, 0.29) is 42.0 Å². The van der Waals surface area contributed by atoms with Gasteiger partial charge in [-0.25, -0.2) is 16.8 Å². The maximum Gasteiger partial charge on any atom is 0.421 e. The van der Waals surface area contributed by atoms with Crippen molar-refractivity contribution in [3.05, 3.63) is 47.3 Å². The van der Waals surface area contributed by atoms with Crippen molar-refractivity contribution >= 4 is 37.1 Å². The minimum Gasteiger partial charge on any atom is -0.376 e. The molecule has 1 N–H and O–H groups in total. The fourth-order valence-electron chi connectivity index (χ4n) is 4.66. The van der Waals surface area contributed by atoms with E-state index >= 15 is 0 Å². The van der Waals surface area contributed by atoms with Crippen LogP contribution in [-0.4, -0.2) is 81.2 Å². The third kappa shape index (κ3) is 5.69. The Bertz CT molecular complexity index is 1290. The second-order valence-corrected chi connectivity index (χ2v) is 14.7. The molecule has 2 aliphatic rings. The van der Waals surface area contributed by atoms with E-state index in [0.717, 1.165) is 36.9 Å². The van der Waals surface area contributed by atoms with Crippen molar-refractivity contribution in [2.75, 3.05) is 37.3 Å². The number of halogens is 3. The molecule has 2 unspecified atom stereocenters. The van der Waals surface area contributed by atoms with Gasteiger partial charge in [-0.3, -0.25) is 0 Å². The highest BCUT2D eigenvalue weighted by Crippen LogP contribution is 2.39. The van der Waals surface area contributed by atoms with Gasteiger partial charge in [-0.15, -0.1) is 11.3 Å². The van der Waals surface area contributed by atoms with Crippen LogP contribution in [0.1, 0.15) is 31.7 Å². The van der Waals surface area contributed by atoms with Gasteiger partial charge < -0.3 is 10.0 Å². The average Bonchev–Trinajstić information content (AvgIpc) is 3.32.